The second-order valence-corrected chi connectivity index (χ2v) is 4.19. The monoisotopic (exact) mass is 195 g/mol. The molecule has 4 heteroatoms. The average Bonchev–Trinajstić information content (AvgIpc) is 2.18. The van der Waals surface area contributed by atoms with Crippen molar-refractivity contribution in [1.82, 2.24) is 0 Å². The molecule has 68 valence electrons. The number of benzene rings is 1. The van der Waals surface area contributed by atoms with Crippen molar-refractivity contribution in [3.05, 3.63) is 29.8 Å². The minimum absolute atomic E-state index is 0.125. The lowest BCUT2D eigenvalue weighted by Crippen LogP contribution is -2.00. The van der Waals surface area contributed by atoms with Crippen LogP contribution in [0, 0.1) is 10.7 Å². The summed E-state index contributed by atoms with van der Waals surface area (Å²) in [7, 11) is -3.74. The maximum absolute atomic E-state index is 11.2. The number of aryl methyl sites for hydroxylation is 1. The Hall–Kier alpha value is -1.34. The van der Waals surface area contributed by atoms with E-state index >= 15 is 0 Å². The molecule has 0 aliphatic rings. The molecule has 0 bridgehead atoms. The molecule has 0 unspecified atom stereocenters. The van der Waals surface area contributed by atoms with Gasteiger partial charge in [-0.15, -0.1) is 0 Å². The molecule has 0 atom stereocenters. The van der Waals surface area contributed by atoms with Crippen molar-refractivity contribution in [3.63, 3.8) is 0 Å². The average molecular weight is 195 g/mol. The molecular formula is C9H9NO2S. The van der Waals surface area contributed by atoms with Crippen LogP contribution in [0.3, 0.4) is 0 Å². The lowest BCUT2D eigenvalue weighted by atomic mass is 10.2. The predicted octanol–water partition coefficient (Wildman–Crippen LogP) is 1.50. The van der Waals surface area contributed by atoms with Crippen LogP contribution in [0.5, 0.6) is 0 Å². The van der Waals surface area contributed by atoms with Crippen molar-refractivity contribution in [2.75, 3.05) is 0 Å². The Morgan fingerprint density at radius 2 is 2.00 bits per heavy atom. The van der Waals surface area contributed by atoms with Crippen LogP contribution in [0.25, 0.3) is 0 Å². The number of rotatable bonds is 2. The third-order valence-corrected chi connectivity index (χ3v) is 2.98. The lowest BCUT2D eigenvalue weighted by molar-refractivity contribution is 0.604. The van der Waals surface area contributed by atoms with Crippen LogP contribution in [0.4, 0.5) is 0 Å². The third-order valence-electron chi connectivity index (χ3n) is 1.76. The maximum atomic E-state index is 11.2. The highest BCUT2D eigenvalue weighted by Gasteiger charge is 2.15. The maximum Gasteiger partial charge on any atom is 0.270 e. The topological polar surface area (TPSA) is 57.9 Å². The van der Waals surface area contributed by atoms with Gasteiger partial charge in [-0.1, -0.05) is 25.1 Å². The highest BCUT2D eigenvalue weighted by Crippen LogP contribution is 2.16. The van der Waals surface area contributed by atoms with E-state index in [0.717, 1.165) is 0 Å². The molecule has 1 aromatic carbocycles. The number of hydrogen-bond donors (Lipinski definition) is 0. The van der Waals surface area contributed by atoms with Gasteiger partial charge in [-0.2, -0.15) is 5.26 Å². The van der Waals surface area contributed by atoms with Crippen LogP contribution >= 0.6 is 0 Å². The van der Waals surface area contributed by atoms with E-state index in [1.165, 1.54) is 11.5 Å². The van der Waals surface area contributed by atoms with Crippen molar-refractivity contribution in [2.45, 2.75) is 18.2 Å². The Bertz CT molecular complexity index is 443. The zero-order valence-corrected chi connectivity index (χ0v) is 8.00. The molecule has 0 amide bonds. The van der Waals surface area contributed by atoms with E-state index in [1.54, 1.807) is 18.2 Å². The van der Waals surface area contributed by atoms with Crippen LogP contribution in [0.15, 0.2) is 29.2 Å². The summed E-state index contributed by atoms with van der Waals surface area (Å²) in [6, 6.07) is 6.54. The second kappa shape index (κ2) is 3.58. The first-order chi connectivity index (χ1) is 6.11. The predicted molar refractivity (Wildman–Crippen MR) is 48.6 cm³/mol. The summed E-state index contributed by atoms with van der Waals surface area (Å²) in [6.45, 7) is 1.85. The molecule has 13 heavy (non-hydrogen) atoms. The van der Waals surface area contributed by atoms with Gasteiger partial charge < -0.3 is 0 Å². The van der Waals surface area contributed by atoms with Crippen molar-refractivity contribution in [1.29, 1.82) is 5.26 Å². The molecule has 3 nitrogen and oxygen atoms in total. The molecule has 0 radical (unpaired) electrons. The summed E-state index contributed by atoms with van der Waals surface area (Å²) in [5.41, 5.74) is 0.684. The normalized spacial score (nSPS) is 10.8. The van der Waals surface area contributed by atoms with E-state index in [0.29, 0.717) is 12.0 Å². The summed E-state index contributed by atoms with van der Waals surface area (Å²) in [5.74, 6) is 0. The molecule has 0 heterocycles. The zero-order chi connectivity index (χ0) is 9.90. The van der Waals surface area contributed by atoms with Gasteiger partial charge in [0, 0.05) is 0 Å². The van der Waals surface area contributed by atoms with Gasteiger partial charge in [0.1, 0.15) is 0 Å². The first kappa shape index (κ1) is 9.75. The molecule has 1 rings (SSSR count). The van der Waals surface area contributed by atoms with E-state index < -0.39 is 9.84 Å². The molecular weight excluding hydrogens is 186 g/mol. The third kappa shape index (κ3) is 1.87. The molecule has 0 N–H and O–H groups in total. The Kier molecular flexibility index (Phi) is 2.69. The number of nitrogens with zero attached hydrogens (tertiary/aromatic N) is 1. The van der Waals surface area contributed by atoms with Gasteiger partial charge >= 0.3 is 0 Å². The largest absolute Gasteiger partial charge is 0.270 e. The fraction of sp³-hybridized carbons (Fsp3) is 0.222. The Morgan fingerprint density at radius 3 is 2.54 bits per heavy atom. The number of sulfone groups is 1. The molecule has 0 aliphatic heterocycles. The van der Waals surface area contributed by atoms with E-state index in [2.05, 4.69) is 0 Å². The van der Waals surface area contributed by atoms with Gasteiger partial charge in [0.25, 0.3) is 9.84 Å². The second-order valence-electron chi connectivity index (χ2n) is 2.56. The van der Waals surface area contributed by atoms with E-state index in [4.69, 9.17) is 5.26 Å². The van der Waals surface area contributed by atoms with Gasteiger partial charge in [-0.25, -0.2) is 8.42 Å². The summed E-state index contributed by atoms with van der Waals surface area (Å²) < 4.78 is 22.4. The van der Waals surface area contributed by atoms with E-state index in [9.17, 15) is 8.42 Å². The minimum atomic E-state index is -3.74. The first-order valence-corrected chi connectivity index (χ1v) is 5.34. The van der Waals surface area contributed by atoms with Crippen LogP contribution in [0.2, 0.25) is 0 Å². The molecule has 0 aromatic heterocycles. The van der Waals surface area contributed by atoms with Crippen molar-refractivity contribution in [2.24, 2.45) is 0 Å². The van der Waals surface area contributed by atoms with Gasteiger partial charge in [-0.3, -0.25) is 0 Å². The SMILES string of the molecule is CCc1ccccc1S(=O)(=O)C#N. The summed E-state index contributed by atoms with van der Waals surface area (Å²) >= 11 is 0. The quantitative estimate of drug-likeness (QED) is 0.530. The minimum Gasteiger partial charge on any atom is -0.208 e. The standard InChI is InChI=1S/C9H9NO2S/c1-2-8-5-3-4-6-9(8)13(11,12)7-10/h3-6H,2H2,1H3. The van der Waals surface area contributed by atoms with Gasteiger partial charge in [0.05, 0.1) is 4.90 Å². The fourth-order valence-electron chi connectivity index (χ4n) is 1.11. The number of nitriles is 1. The fourth-order valence-corrected chi connectivity index (χ4v) is 2.02. The van der Waals surface area contributed by atoms with Crippen molar-refractivity contribution in [3.8, 4) is 5.40 Å². The lowest BCUT2D eigenvalue weighted by Gasteiger charge is -2.01. The van der Waals surface area contributed by atoms with E-state index in [1.807, 2.05) is 6.92 Å². The Labute approximate surface area is 77.5 Å². The van der Waals surface area contributed by atoms with Crippen molar-refractivity contribution < 1.29 is 8.42 Å². The first-order valence-electron chi connectivity index (χ1n) is 3.85. The van der Waals surface area contributed by atoms with Crippen LogP contribution in [0.1, 0.15) is 12.5 Å². The number of thiocyanates is 1. The van der Waals surface area contributed by atoms with Crippen LogP contribution in [-0.4, -0.2) is 8.42 Å². The Balaban J connectivity index is 3.40. The van der Waals surface area contributed by atoms with Gasteiger partial charge in [-0.05, 0) is 18.1 Å². The van der Waals surface area contributed by atoms with Crippen LogP contribution in [-0.2, 0) is 16.3 Å². The molecule has 1 aromatic rings. The highest BCUT2D eigenvalue weighted by molar-refractivity contribution is 7.96. The molecule has 0 aliphatic carbocycles. The van der Waals surface area contributed by atoms with Crippen molar-refractivity contribution >= 4 is 9.84 Å². The molecule has 0 fully saturated rings. The summed E-state index contributed by atoms with van der Waals surface area (Å²) in [5, 5.41) is 9.73. The molecule has 0 saturated carbocycles. The van der Waals surface area contributed by atoms with Gasteiger partial charge in [0.2, 0.25) is 0 Å². The Morgan fingerprint density at radius 1 is 1.38 bits per heavy atom. The summed E-state index contributed by atoms with van der Waals surface area (Å²) in [4.78, 5) is 0.125. The smallest absolute Gasteiger partial charge is 0.208 e. The number of hydrogen-bond acceptors (Lipinski definition) is 3. The van der Waals surface area contributed by atoms with E-state index in [-0.39, 0.29) is 4.90 Å². The highest BCUT2D eigenvalue weighted by atomic mass is 32.2. The molecule has 0 saturated heterocycles. The summed E-state index contributed by atoms with van der Waals surface area (Å²) in [6.07, 6.45) is 0.608. The molecule has 0 spiro atoms. The van der Waals surface area contributed by atoms with Gasteiger partial charge in [0.15, 0.2) is 5.40 Å². The van der Waals surface area contributed by atoms with Crippen LogP contribution < -0.4 is 0 Å². The zero-order valence-electron chi connectivity index (χ0n) is 7.19.